The number of hydrogen-bond donors (Lipinski definition) is 1. The summed E-state index contributed by atoms with van der Waals surface area (Å²) < 4.78 is 5.69. The van der Waals surface area contributed by atoms with Crippen LogP contribution in [0, 0.1) is 0 Å². The SMILES string of the molecule is CCCOc1cncc(C(NC)c2ccccc2SC)c1. The average Bonchev–Trinajstić information content (AvgIpc) is 2.54. The van der Waals surface area contributed by atoms with Gasteiger partial charge in [-0.25, -0.2) is 0 Å². The van der Waals surface area contributed by atoms with Crippen LogP contribution in [0.4, 0.5) is 0 Å². The second kappa shape index (κ2) is 8.05. The van der Waals surface area contributed by atoms with Crippen molar-refractivity contribution in [1.29, 1.82) is 0 Å². The lowest BCUT2D eigenvalue weighted by molar-refractivity contribution is 0.315. The minimum atomic E-state index is 0.117. The Morgan fingerprint density at radius 2 is 2.10 bits per heavy atom. The molecule has 1 atom stereocenters. The van der Waals surface area contributed by atoms with Gasteiger partial charge in [0.05, 0.1) is 18.8 Å². The summed E-state index contributed by atoms with van der Waals surface area (Å²) in [6.07, 6.45) is 6.77. The second-order valence-electron chi connectivity index (χ2n) is 4.77. The van der Waals surface area contributed by atoms with Gasteiger partial charge in [0.2, 0.25) is 0 Å². The number of nitrogens with one attached hydrogen (secondary N) is 1. The standard InChI is InChI=1S/C17H22N2OS/c1-4-9-20-14-10-13(11-19-12-14)17(18-2)15-7-5-6-8-16(15)21-3/h5-8,10-12,17-18H,4,9H2,1-3H3. The molecule has 1 N–H and O–H groups in total. The molecule has 1 unspecified atom stereocenters. The smallest absolute Gasteiger partial charge is 0.137 e. The van der Waals surface area contributed by atoms with Crippen molar-refractivity contribution in [2.24, 2.45) is 0 Å². The van der Waals surface area contributed by atoms with E-state index in [-0.39, 0.29) is 6.04 Å². The third kappa shape index (κ3) is 3.99. The highest BCUT2D eigenvalue weighted by Crippen LogP contribution is 2.30. The third-order valence-corrected chi connectivity index (χ3v) is 4.09. The maximum Gasteiger partial charge on any atom is 0.137 e. The van der Waals surface area contributed by atoms with Crippen LogP contribution in [-0.2, 0) is 0 Å². The number of rotatable bonds is 7. The van der Waals surface area contributed by atoms with Crippen LogP contribution in [0.3, 0.4) is 0 Å². The molecular weight excluding hydrogens is 280 g/mol. The van der Waals surface area contributed by atoms with Crippen LogP contribution in [0.25, 0.3) is 0 Å². The fourth-order valence-corrected chi connectivity index (χ4v) is 2.94. The van der Waals surface area contributed by atoms with Crippen molar-refractivity contribution in [2.45, 2.75) is 24.3 Å². The minimum Gasteiger partial charge on any atom is -0.492 e. The first-order valence-corrected chi connectivity index (χ1v) is 8.40. The third-order valence-electron chi connectivity index (χ3n) is 3.28. The number of thioether (sulfide) groups is 1. The number of hydrogen-bond acceptors (Lipinski definition) is 4. The zero-order valence-corrected chi connectivity index (χ0v) is 13.6. The number of benzene rings is 1. The molecule has 112 valence electrons. The minimum absolute atomic E-state index is 0.117. The Morgan fingerprint density at radius 3 is 2.81 bits per heavy atom. The van der Waals surface area contributed by atoms with Crippen LogP contribution in [0.5, 0.6) is 5.75 Å². The quantitative estimate of drug-likeness (QED) is 0.787. The Hall–Kier alpha value is -1.52. The van der Waals surface area contributed by atoms with Gasteiger partial charge in [0.25, 0.3) is 0 Å². The summed E-state index contributed by atoms with van der Waals surface area (Å²) in [6, 6.07) is 10.6. The molecule has 0 aliphatic heterocycles. The maximum atomic E-state index is 5.69. The Bertz CT molecular complexity index is 574. The molecule has 2 rings (SSSR count). The van der Waals surface area contributed by atoms with Gasteiger partial charge in [-0.1, -0.05) is 25.1 Å². The van der Waals surface area contributed by atoms with E-state index in [0.29, 0.717) is 0 Å². The lowest BCUT2D eigenvalue weighted by atomic mass is 10.0. The molecule has 1 heterocycles. The van der Waals surface area contributed by atoms with Crippen molar-refractivity contribution in [1.82, 2.24) is 10.3 Å². The first kappa shape index (κ1) is 15.9. The Kier molecular flexibility index (Phi) is 6.08. The van der Waals surface area contributed by atoms with Crippen molar-refractivity contribution in [3.63, 3.8) is 0 Å². The molecule has 0 aliphatic rings. The molecule has 1 aromatic heterocycles. The molecule has 0 aliphatic carbocycles. The van der Waals surface area contributed by atoms with Crippen LogP contribution in [0.2, 0.25) is 0 Å². The van der Waals surface area contributed by atoms with Gasteiger partial charge in [-0.2, -0.15) is 0 Å². The van der Waals surface area contributed by atoms with E-state index in [4.69, 9.17) is 4.74 Å². The Morgan fingerprint density at radius 1 is 1.29 bits per heavy atom. The average molecular weight is 302 g/mol. The van der Waals surface area contributed by atoms with E-state index in [1.54, 1.807) is 18.0 Å². The van der Waals surface area contributed by atoms with Crippen LogP contribution >= 0.6 is 11.8 Å². The molecule has 0 radical (unpaired) electrons. The van der Waals surface area contributed by atoms with E-state index in [9.17, 15) is 0 Å². The van der Waals surface area contributed by atoms with E-state index < -0.39 is 0 Å². The molecule has 0 bridgehead atoms. The van der Waals surface area contributed by atoms with Gasteiger partial charge in [0.1, 0.15) is 5.75 Å². The van der Waals surface area contributed by atoms with Gasteiger partial charge in [-0.15, -0.1) is 11.8 Å². The van der Waals surface area contributed by atoms with Crippen LogP contribution < -0.4 is 10.1 Å². The molecule has 4 heteroatoms. The van der Waals surface area contributed by atoms with Gasteiger partial charge < -0.3 is 10.1 Å². The van der Waals surface area contributed by atoms with Crippen molar-refractivity contribution in [2.75, 3.05) is 19.9 Å². The highest BCUT2D eigenvalue weighted by Gasteiger charge is 2.16. The van der Waals surface area contributed by atoms with Crippen molar-refractivity contribution in [3.05, 3.63) is 53.9 Å². The zero-order valence-electron chi connectivity index (χ0n) is 12.8. The van der Waals surface area contributed by atoms with Gasteiger partial charge in [0.15, 0.2) is 0 Å². The van der Waals surface area contributed by atoms with E-state index in [1.807, 2.05) is 13.2 Å². The van der Waals surface area contributed by atoms with Crippen LogP contribution in [-0.4, -0.2) is 24.9 Å². The summed E-state index contributed by atoms with van der Waals surface area (Å²) in [5, 5.41) is 3.38. The topological polar surface area (TPSA) is 34.1 Å². The Balaban J connectivity index is 2.32. The summed E-state index contributed by atoms with van der Waals surface area (Å²) in [5.41, 5.74) is 2.38. The molecule has 21 heavy (non-hydrogen) atoms. The monoisotopic (exact) mass is 302 g/mol. The lowest BCUT2D eigenvalue weighted by Crippen LogP contribution is -2.18. The van der Waals surface area contributed by atoms with E-state index >= 15 is 0 Å². The molecule has 1 aromatic carbocycles. The highest BCUT2D eigenvalue weighted by atomic mass is 32.2. The zero-order chi connectivity index (χ0) is 15.1. The molecule has 2 aromatic rings. The Labute approximate surface area is 131 Å². The van der Waals surface area contributed by atoms with Gasteiger partial charge in [0, 0.05) is 11.1 Å². The largest absolute Gasteiger partial charge is 0.492 e. The van der Waals surface area contributed by atoms with Gasteiger partial charge in [-0.05, 0) is 43.0 Å². The number of aromatic nitrogens is 1. The lowest BCUT2D eigenvalue weighted by Gasteiger charge is -2.20. The normalized spacial score (nSPS) is 12.1. The van der Waals surface area contributed by atoms with Crippen molar-refractivity contribution < 1.29 is 4.74 Å². The first-order chi connectivity index (χ1) is 10.3. The van der Waals surface area contributed by atoms with E-state index in [1.165, 1.54) is 10.5 Å². The molecule has 0 saturated heterocycles. The van der Waals surface area contributed by atoms with Gasteiger partial charge in [-0.3, -0.25) is 4.98 Å². The van der Waals surface area contributed by atoms with Gasteiger partial charge >= 0.3 is 0 Å². The summed E-state index contributed by atoms with van der Waals surface area (Å²) >= 11 is 1.76. The molecule has 0 amide bonds. The number of ether oxygens (including phenoxy) is 1. The predicted molar refractivity (Wildman–Crippen MR) is 89.1 cm³/mol. The fourth-order valence-electron chi connectivity index (χ4n) is 2.30. The number of pyridine rings is 1. The van der Waals surface area contributed by atoms with Crippen LogP contribution in [0.15, 0.2) is 47.6 Å². The highest BCUT2D eigenvalue weighted by molar-refractivity contribution is 7.98. The summed E-state index contributed by atoms with van der Waals surface area (Å²) in [7, 11) is 1.97. The maximum absolute atomic E-state index is 5.69. The van der Waals surface area contributed by atoms with Crippen LogP contribution in [0.1, 0.15) is 30.5 Å². The first-order valence-electron chi connectivity index (χ1n) is 7.18. The second-order valence-corrected chi connectivity index (χ2v) is 5.61. The molecule has 3 nitrogen and oxygen atoms in total. The predicted octanol–water partition coefficient (Wildman–Crippen LogP) is 3.90. The molecule has 0 spiro atoms. The van der Waals surface area contributed by atoms with E-state index in [0.717, 1.165) is 24.3 Å². The number of nitrogens with zero attached hydrogens (tertiary/aromatic N) is 1. The summed E-state index contributed by atoms with van der Waals surface area (Å²) in [5.74, 6) is 0.830. The van der Waals surface area contributed by atoms with E-state index in [2.05, 4.69) is 53.8 Å². The molecule has 0 saturated carbocycles. The molecule has 0 fully saturated rings. The molecular formula is C17H22N2OS. The van der Waals surface area contributed by atoms with Crippen molar-refractivity contribution >= 4 is 11.8 Å². The fraction of sp³-hybridized carbons (Fsp3) is 0.353. The summed E-state index contributed by atoms with van der Waals surface area (Å²) in [6.45, 7) is 2.82. The summed E-state index contributed by atoms with van der Waals surface area (Å²) in [4.78, 5) is 5.59. The van der Waals surface area contributed by atoms with Crippen molar-refractivity contribution in [3.8, 4) is 5.75 Å².